The number of nitrogens with two attached hydrogens (primary N) is 1. The minimum Gasteiger partial charge on any atom is -0.473 e. The number of likely N-dealkylation sites (tertiary alicyclic amines) is 1. The van der Waals surface area contributed by atoms with Crippen LogP contribution in [0, 0.1) is 5.92 Å². The Labute approximate surface area is 115 Å². The van der Waals surface area contributed by atoms with Gasteiger partial charge in [0.05, 0.1) is 11.8 Å². The smallest absolute Gasteiger partial charge is 0.239 e. The van der Waals surface area contributed by atoms with Gasteiger partial charge >= 0.3 is 0 Å². The van der Waals surface area contributed by atoms with E-state index in [1.165, 1.54) is 13.0 Å². The molecule has 2 rings (SSSR count). The number of nitrogens with zero attached hydrogens (tertiary/aromatic N) is 2. The lowest BCUT2D eigenvalue weighted by atomic mass is 10.1. The van der Waals surface area contributed by atoms with E-state index in [1.807, 2.05) is 26.0 Å². The Morgan fingerprint density at radius 3 is 2.95 bits per heavy atom. The van der Waals surface area contributed by atoms with Crippen molar-refractivity contribution in [3.8, 4) is 5.88 Å². The maximum atomic E-state index is 5.85. The van der Waals surface area contributed by atoms with Crippen molar-refractivity contribution in [2.45, 2.75) is 26.4 Å². The standard InChI is InChI=1S/C14H24N4O/c1-10(2)19-14-12(15)4-5-13(17-14)16-8-11-6-7-18(3)9-11/h4-5,10-11H,6-9,15H2,1-3H3,(H,16,17). The van der Waals surface area contributed by atoms with E-state index in [4.69, 9.17) is 10.5 Å². The zero-order chi connectivity index (χ0) is 13.8. The summed E-state index contributed by atoms with van der Waals surface area (Å²) in [7, 11) is 2.16. The molecule has 0 aromatic carbocycles. The summed E-state index contributed by atoms with van der Waals surface area (Å²) < 4.78 is 5.59. The highest BCUT2D eigenvalue weighted by Crippen LogP contribution is 2.22. The number of nitrogen functional groups attached to an aromatic ring is 1. The average Bonchev–Trinajstić information content (AvgIpc) is 2.75. The molecule has 106 valence electrons. The quantitative estimate of drug-likeness (QED) is 0.849. The molecule has 1 saturated heterocycles. The molecule has 0 aliphatic carbocycles. The SMILES string of the molecule is CC(C)Oc1nc(NCC2CCN(C)C2)ccc1N. The molecule has 0 spiro atoms. The fourth-order valence-electron chi connectivity index (χ4n) is 2.31. The number of ether oxygens (including phenoxy) is 1. The van der Waals surface area contributed by atoms with Crippen LogP contribution in [0.15, 0.2) is 12.1 Å². The van der Waals surface area contributed by atoms with Crippen LogP contribution in [0.5, 0.6) is 5.88 Å². The van der Waals surface area contributed by atoms with Crippen LogP contribution in [0.1, 0.15) is 20.3 Å². The fraction of sp³-hybridized carbons (Fsp3) is 0.643. The van der Waals surface area contributed by atoms with Crippen molar-refractivity contribution in [2.75, 3.05) is 37.7 Å². The van der Waals surface area contributed by atoms with Crippen LogP contribution in [-0.2, 0) is 0 Å². The van der Waals surface area contributed by atoms with Gasteiger partial charge in [-0.25, -0.2) is 0 Å². The topological polar surface area (TPSA) is 63.4 Å². The average molecular weight is 264 g/mol. The minimum atomic E-state index is 0.0773. The zero-order valence-electron chi connectivity index (χ0n) is 12.0. The molecule has 0 amide bonds. The molecule has 1 aliphatic rings. The predicted octanol–water partition coefficient (Wildman–Crippen LogP) is 1.81. The van der Waals surface area contributed by atoms with Crippen LogP contribution < -0.4 is 15.8 Å². The van der Waals surface area contributed by atoms with E-state index in [2.05, 4.69) is 22.2 Å². The Morgan fingerprint density at radius 2 is 2.32 bits per heavy atom. The lowest BCUT2D eigenvalue weighted by Gasteiger charge is -2.15. The van der Waals surface area contributed by atoms with Crippen LogP contribution >= 0.6 is 0 Å². The Kier molecular flexibility index (Phi) is 4.47. The van der Waals surface area contributed by atoms with Crippen LogP contribution in [0.2, 0.25) is 0 Å². The summed E-state index contributed by atoms with van der Waals surface area (Å²) in [5.74, 6) is 2.04. The third-order valence-electron chi connectivity index (χ3n) is 3.30. The van der Waals surface area contributed by atoms with Gasteiger partial charge in [-0.3, -0.25) is 0 Å². The lowest BCUT2D eigenvalue weighted by Crippen LogP contribution is -2.19. The summed E-state index contributed by atoms with van der Waals surface area (Å²) >= 11 is 0. The highest BCUT2D eigenvalue weighted by atomic mass is 16.5. The number of hydrogen-bond donors (Lipinski definition) is 2. The van der Waals surface area contributed by atoms with E-state index in [9.17, 15) is 0 Å². The van der Waals surface area contributed by atoms with Crippen molar-refractivity contribution < 1.29 is 4.74 Å². The Hall–Kier alpha value is -1.49. The molecule has 1 unspecified atom stereocenters. The maximum absolute atomic E-state index is 5.85. The molecule has 1 aromatic rings. The van der Waals surface area contributed by atoms with E-state index in [0.717, 1.165) is 18.9 Å². The monoisotopic (exact) mass is 264 g/mol. The summed E-state index contributed by atoms with van der Waals surface area (Å²) in [4.78, 5) is 6.78. The van der Waals surface area contributed by atoms with Crippen LogP contribution in [0.3, 0.4) is 0 Å². The molecule has 2 heterocycles. The highest BCUT2D eigenvalue weighted by molar-refractivity contribution is 5.53. The number of rotatable bonds is 5. The summed E-state index contributed by atoms with van der Waals surface area (Å²) in [6.45, 7) is 7.22. The molecule has 5 heteroatoms. The number of hydrogen-bond acceptors (Lipinski definition) is 5. The first-order valence-electron chi connectivity index (χ1n) is 6.90. The van der Waals surface area contributed by atoms with Crippen molar-refractivity contribution in [3.63, 3.8) is 0 Å². The molecular weight excluding hydrogens is 240 g/mol. The van der Waals surface area contributed by atoms with E-state index in [0.29, 0.717) is 17.5 Å². The largest absolute Gasteiger partial charge is 0.473 e. The minimum absolute atomic E-state index is 0.0773. The lowest BCUT2D eigenvalue weighted by molar-refractivity contribution is 0.234. The third-order valence-corrected chi connectivity index (χ3v) is 3.30. The molecule has 19 heavy (non-hydrogen) atoms. The summed E-state index contributed by atoms with van der Waals surface area (Å²) in [6.07, 6.45) is 1.32. The maximum Gasteiger partial charge on any atom is 0.239 e. The van der Waals surface area contributed by atoms with Crippen LogP contribution in [-0.4, -0.2) is 42.7 Å². The van der Waals surface area contributed by atoms with Gasteiger partial charge < -0.3 is 20.7 Å². The molecule has 0 radical (unpaired) electrons. The molecule has 1 aromatic heterocycles. The molecule has 1 aliphatic heterocycles. The van der Waals surface area contributed by atoms with Crippen molar-refractivity contribution in [2.24, 2.45) is 5.92 Å². The Morgan fingerprint density at radius 1 is 1.53 bits per heavy atom. The van der Waals surface area contributed by atoms with Gasteiger partial charge in [-0.15, -0.1) is 0 Å². The number of anilines is 2. The molecular formula is C14H24N4O. The Balaban J connectivity index is 1.93. The van der Waals surface area contributed by atoms with Crippen molar-refractivity contribution in [1.82, 2.24) is 9.88 Å². The third kappa shape index (κ3) is 3.99. The zero-order valence-corrected chi connectivity index (χ0v) is 12.0. The van der Waals surface area contributed by atoms with E-state index in [1.54, 1.807) is 0 Å². The van der Waals surface area contributed by atoms with E-state index >= 15 is 0 Å². The van der Waals surface area contributed by atoms with E-state index < -0.39 is 0 Å². The molecule has 5 nitrogen and oxygen atoms in total. The van der Waals surface area contributed by atoms with Gasteiger partial charge in [-0.05, 0) is 51.9 Å². The predicted molar refractivity (Wildman–Crippen MR) is 78.5 cm³/mol. The van der Waals surface area contributed by atoms with Crippen molar-refractivity contribution >= 4 is 11.5 Å². The van der Waals surface area contributed by atoms with Gasteiger partial charge in [-0.2, -0.15) is 4.98 Å². The summed E-state index contributed by atoms with van der Waals surface area (Å²) in [5.41, 5.74) is 6.44. The summed E-state index contributed by atoms with van der Waals surface area (Å²) in [5, 5.41) is 3.37. The number of aromatic nitrogens is 1. The molecule has 0 bridgehead atoms. The number of nitrogens with one attached hydrogen (secondary N) is 1. The van der Waals surface area contributed by atoms with E-state index in [-0.39, 0.29) is 6.10 Å². The second-order valence-corrected chi connectivity index (χ2v) is 5.56. The number of pyridine rings is 1. The Bertz CT molecular complexity index is 422. The molecule has 1 fully saturated rings. The van der Waals surface area contributed by atoms with Gasteiger partial charge in [0.2, 0.25) is 5.88 Å². The van der Waals surface area contributed by atoms with Gasteiger partial charge in [0.1, 0.15) is 5.82 Å². The molecule has 0 saturated carbocycles. The molecule has 1 atom stereocenters. The van der Waals surface area contributed by atoms with Crippen LogP contribution in [0.25, 0.3) is 0 Å². The second-order valence-electron chi connectivity index (χ2n) is 5.56. The summed E-state index contributed by atoms with van der Waals surface area (Å²) in [6, 6.07) is 3.75. The van der Waals surface area contributed by atoms with Gasteiger partial charge in [0.15, 0.2) is 0 Å². The fourth-order valence-corrected chi connectivity index (χ4v) is 2.31. The van der Waals surface area contributed by atoms with Crippen molar-refractivity contribution in [1.29, 1.82) is 0 Å². The highest BCUT2D eigenvalue weighted by Gasteiger charge is 2.19. The normalized spacial score (nSPS) is 19.9. The van der Waals surface area contributed by atoms with Gasteiger partial charge in [0.25, 0.3) is 0 Å². The molecule has 3 N–H and O–H groups in total. The second kappa shape index (κ2) is 6.10. The first-order valence-corrected chi connectivity index (χ1v) is 6.90. The van der Waals surface area contributed by atoms with Gasteiger partial charge in [0, 0.05) is 13.1 Å². The first-order chi connectivity index (χ1) is 9.04. The first kappa shape index (κ1) is 13.9. The van der Waals surface area contributed by atoms with Gasteiger partial charge in [-0.1, -0.05) is 0 Å². The van der Waals surface area contributed by atoms with Crippen molar-refractivity contribution in [3.05, 3.63) is 12.1 Å². The van der Waals surface area contributed by atoms with Crippen LogP contribution in [0.4, 0.5) is 11.5 Å².